The average Bonchev–Trinajstić information content (AvgIpc) is 2.46. The van der Waals surface area contributed by atoms with Gasteiger partial charge in [0.25, 0.3) is 0 Å². The number of halogens is 3. The molecule has 5 nitrogen and oxygen atoms in total. The van der Waals surface area contributed by atoms with Crippen LogP contribution < -0.4 is 0 Å². The lowest BCUT2D eigenvalue weighted by atomic mass is 9.96. The van der Waals surface area contributed by atoms with E-state index in [2.05, 4.69) is 9.64 Å². The number of morpholine rings is 1. The van der Waals surface area contributed by atoms with Gasteiger partial charge in [0.1, 0.15) is 0 Å². The first-order valence-corrected chi connectivity index (χ1v) is 7.22. The van der Waals surface area contributed by atoms with Crippen molar-refractivity contribution in [3.8, 4) is 0 Å². The highest BCUT2D eigenvalue weighted by atomic mass is 19.4. The van der Waals surface area contributed by atoms with E-state index in [1.165, 1.54) is 4.90 Å². The Balaban J connectivity index is 1.66. The molecular formula is C13H21F3N2O3. The highest BCUT2D eigenvalue weighted by Gasteiger charge is 2.32. The van der Waals surface area contributed by atoms with Crippen molar-refractivity contribution < 1.29 is 27.4 Å². The highest BCUT2D eigenvalue weighted by Crippen LogP contribution is 2.21. The van der Waals surface area contributed by atoms with Crippen LogP contribution in [-0.2, 0) is 9.47 Å². The maximum absolute atomic E-state index is 12.0. The largest absolute Gasteiger partial charge is 0.440 e. The number of hydrogen-bond donors (Lipinski definition) is 0. The number of ether oxygens (including phenoxy) is 2. The maximum atomic E-state index is 12.0. The van der Waals surface area contributed by atoms with Crippen molar-refractivity contribution in [3.63, 3.8) is 0 Å². The number of hydrogen-bond acceptors (Lipinski definition) is 4. The van der Waals surface area contributed by atoms with Gasteiger partial charge in [-0.15, -0.1) is 0 Å². The number of carbonyl (C=O) groups excluding carboxylic acids is 1. The van der Waals surface area contributed by atoms with Crippen LogP contribution in [0.4, 0.5) is 18.0 Å². The van der Waals surface area contributed by atoms with Crippen LogP contribution in [0.25, 0.3) is 0 Å². The Labute approximate surface area is 122 Å². The molecule has 0 saturated carbocycles. The van der Waals surface area contributed by atoms with E-state index < -0.39 is 18.9 Å². The van der Waals surface area contributed by atoms with Gasteiger partial charge in [-0.25, -0.2) is 4.79 Å². The molecule has 0 aliphatic carbocycles. The number of rotatable bonds is 3. The number of amides is 1. The summed E-state index contributed by atoms with van der Waals surface area (Å²) >= 11 is 0. The molecule has 0 aromatic heterocycles. The fourth-order valence-corrected chi connectivity index (χ4v) is 2.68. The maximum Gasteiger partial charge on any atom is 0.422 e. The number of nitrogens with zero attached hydrogens (tertiary/aromatic N) is 2. The van der Waals surface area contributed by atoms with Crippen molar-refractivity contribution in [2.45, 2.75) is 19.0 Å². The molecule has 2 heterocycles. The molecule has 0 radical (unpaired) electrons. The molecule has 0 atom stereocenters. The van der Waals surface area contributed by atoms with Crippen molar-refractivity contribution in [1.82, 2.24) is 9.80 Å². The fourth-order valence-electron chi connectivity index (χ4n) is 2.68. The van der Waals surface area contributed by atoms with Crippen LogP contribution in [0, 0.1) is 5.92 Å². The van der Waals surface area contributed by atoms with Crippen molar-refractivity contribution in [3.05, 3.63) is 0 Å². The topological polar surface area (TPSA) is 42.0 Å². The SMILES string of the molecule is O=C(OCC(F)(F)F)N1CCC(CN2CCOCC2)CC1. The molecule has 2 fully saturated rings. The molecule has 0 unspecified atom stereocenters. The Morgan fingerprint density at radius 3 is 2.33 bits per heavy atom. The predicted molar refractivity (Wildman–Crippen MR) is 69.0 cm³/mol. The molecule has 0 N–H and O–H groups in total. The third-order valence-corrected chi connectivity index (χ3v) is 3.85. The number of likely N-dealkylation sites (tertiary alicyclic amines) is 1. The monoisotopic (exact) mass is 310 g/mol. The molecular weight excluding hydrogens is 289 g/mol. The Morgan fingerprint density at radius 1 is 1.14 bits per heavy atom. The minimum absolute atomic E-state index is 0.464. The van der Waals surface area contributed by atoms with Crippen LogP contribution in [0.15, 0.2) is 0 Å². The smallest absolute Gasteiger partial charge is 0.422 e. The van der Waals surface area contributed by atoms with Gasteiger partial charge in [-0.05, 0) is 18.8 Å². The van der Waals surface area contributed by atoms with E-state index in [1.54, 1.807) is 0 Å². The van der Waals surface area contributed by atoms with Crippen LogP contribution in [0.1, 0.15) is 12.8 Å². The first-order valence-electron chi connectivity index (χ1n) is 7.22. The van der Waals surface area contributed by atoms with E-state index >= 15 is 0 Å². The van der Waals surface area contributed by atoms with Gasteiger partial charge < -0.3 is 14.4 Å². The van der Waals surface area contributed by atoms with E-state index in [0.29, 0.717) is 19.0 Å². The minimum atomic E-state index is -4.47. The standard InChI is InChI=1S/C13H21F3N2O3/c14-13(15,16)10-21-12(19)18-3-1-11(2-4-18)9-17-5-7-20-8-6-17/h11H,1-10H2. The first-order chi connectivity index (χ1) is 9.94. The molecule has 2 aliphatic heterocycles. The number of alkyl halides is 3. The predicted octanol–water partition coefficient (Wildman–Crippen LogP) is 1.73. The van der Waals surface area contributed by atoms with Crippen molar-refractivity contribution >= 4 is 6.09 Å². The molecule has 8 heteroatoms. The van der Waals surface area contributed by atoms with E-state index in [9.17, 15) is 18.0 Å². The lowest BCUT2D eigenvalue weighted by Crippen LogP contribution is -2.44. The summed E-state index contributed by atoms with van der Waals surface area (Å²) in [5, 5.41) is 0. The van der Waals surface area contributed by atoms with E-state index in [4.69, 9.17) is 4.74 Å². The number of carbonyl (C=O) groups is 1. The summed E-state index contributed by atoms with van der Waals surface area (Å²) in [6, 6.07) is 0. The molecule has 21 heavy (non-hydrogen) atoms. The summed E-state index contributed by atoms with van der Waals surface area (Å²) in [4.78, 5) is 15.2. The van der Waals surface area contributed by atoms with Gasteiger partial charge >= 0.3 is 12.3 Å². The second kappa shape index (κ2) is 7.31. The Morgan fingerprint density at radius 2 is 1.76 bits per heavy atom. The van der Waals surface area contributed by atoms with Gasteiger partial charge in [-0.1, -0.05) is 0 Å². The molecule has 2 saturated heterocycles. The molecule has 0 bridgehead atoms. The minimum Gasteiger partial charge on any atom is -0.440 e. The van der Waals surface area contributed by atoms with E-state index in [1.807, 2.05) is 0 Å². The van der Waals surface area contributed by atoms with Crippen LogP contribution in [0.3, 0.4) is 0 Å². The van der Waals surface area contributed by atoms with Crippen molar-refractivity contribution in [2.75, 3.05) is 52.5 Å². The van der Waals surface area contributed by atoms with Crippen LogP contribution in [0.5, 0.6) is 0 Å². The van der Waals surface area contributed by atoms with Crippen LogP contribution in [0.2, 0.25) is 0 Å². The van der Waals surface area contributed by atoms with Crippen molar-refractivity contribution in [2.24, 2.45) is 5.92 Å². The molecule has 0 aromatic rings. The van der Waals surface area contributed by atoms with Gasteiger partial charge in [-0.2, -0.15) is 13.2 Å². The van der Waals surface area contributed by atoms with E-state index in [-0.39, 0.29) is 0 Å². The Kier molecular flexibility index (Phi) is 5.69. The van der Waals surface area contributed by atoms with Gasteiger partial charge in [0.15, 0.2) is 6.61 Å². The van der Waals surface area contributed by atoms with Gasteiger partial charge in [0.2, 0.25) is 0 Å². The average molecular weight is 310 g/mol. The third kappa shape index (κ3) is 5.70. The summed E-state index contributed by atoms with van der Waals surface area (Å²) < 4.78 is 45.5. The summed E-state index contributed by atoms with van der Waals surface area (Å²) in [7, 11) is 0. The molecule has 0 aromatic carbocycles. The zero-order valence-corrected chi connectivity index (χ0v) is 11.9. The molecule has 2 rings (SSSR count). The van der Waals surface area contributed by atoms with Gasteiger partial charge in [0.05, 0.1) is 13.2 Å². The normalized spacial score (nSPS) is 22.3. The third-order valence-electron chi connectivity index (χ3n) is 3.85. The zero-order valence-electron chi connectivity index (χ0n) is 11.9. The second-order valence-corrected chi connectivity index (χ2v) is 5.51. The van der Waals surface area contributed by atoms with E-state index in [0.717, 1.165) is 45.7 Å². The van der Waals surface area contributed by atoms with Crippen LogP contribution >= 0.6 is 0 Å². The quantitative estimate of drug-likeness (QED) is 0.796. The van der Waals surface area contributed by atoms with Gasteiger partial charge in [0, 0.05) is 32.7 Å². The first kappa shape index (κ1) is 16.4. The second-order valence-electron chi connectivity index (χ2n) is 5.51. The molecule has 1 amide bonds. The highest BCUT2D eigenvalue weighted by molar-refractivity contribution is 5.67. The number of piperidine rings is 1. The summed E-state index contributed by atoms with van der Waals surface area (Å²) in [6.45, 7) is 3.73. The Bertz CT molecular complexity index is 338. The summed E-state index contributed by atoms with van der Waals surface area (Å²) in [6.07, 6.45) is -3.72. The Hall–Kier alpha value is -1.02. The fraction of sp³-hybridized carbons (Fsp3) is 0.923. The molecule has 0 spiro atoms. The van der Waals surface area contributed by atoms with Crippen molar-refractivity contribution in [1.29, 1.82) is 0 Å². The summed E-state index contributed by atoms with van der Waals surface area (Å²) in [5.41, 5.74) is 0. The lowest BCUT2D eigenvalue weighted by molar-refractivity contribution is -0.162. The summed E-state index contributed by atoms with van der Waals surface area (Å²) in [5.74, 6) is 0.481. The zero-order chi connectivity index (χ0) is 15.3. The molecule has 122 valence electrons. The van der Waals surface area contributed by atoms with Gasteiger partial charge in [-0.3, -0.25) is 4.90 Å². The lowest BCUT2D eigenvalue weighted by Gasteiger charge is -2.35. The molecule has 2 aliphatic rings. The van der Waals surface area contributed by atoms with Crippen LogP contribution in [-0.4, -0.2) is 74.6 Å².